The molecule has 2 aromatic rings. The normalized spacial score (nSPS) is 10.5. The Morgan fingerprint density at radius 3 is 2.34 bits per heavy atom. The number of hydrogen-bond acceptors (Lipinski definition) is 6. The Morgan fingerprint density at radius 2 is 1.88 bits per heavy atom. The molecule has 4 N–H and O–H groups in total. The summed E-state index contributed by atoms with van der Waals surface area (Å²) >= 11 is 0. The highest BCUT2D eigenvalue weighted by atomic mass is 16.6. The van der Waals surface area contributed by atoms with Gasteiger partial charge in [0.05, 0.1) is 18.5 Å². The zero-order valence-electron chi connectivity index (χ0n) is 20.0. The summed E-state index contributed by atoms with van der Waals surface area (Å²) in [5.41, 5.74) is 0.200. The average Bonchev–Trinajstić information content (AvgIpc) is 3.03. The van der Waals surface area contributed by atoms with Crippen molar-refractivity contribution in [3.63, 3.8) is 0 Å². The molecule has 0 saturated carbocycles. The zero-order chi connectivity index (χ0) is 24.5. The number of carbonyl (C=O) groups is 1. The molecule has 1 heterocycles. The molecule has 0 radical (unpaired) electrons. The third-order valence-corrected chi connectivity index (χ3v) is 4.04. The molecular formula is C23H35N5O4. The molecule has 0 atom stereocenters. The van der Waals surface area contributed by atoms with Crippen LogP contribution in [0.4, 0.5) is 16.3 Å². The van der Waals surface area contributed by atoms with E-state index < -0.39 is 17.4 Å². The van der Waals surface area contributed by atoms with Crippen molar-refractivity contribution in [1.29, 1.82) is 5.41 Å². The maximum atomic E-state index is 12.5. The Labute approximate surface area is 189 Å². The number of unbranched alkanes of at least 4 members (excludes halogenated alkanes) is 1. The number of imidazole rings is 1. The molecule has 0 fully saturated rings. The first-order valence-electron chi connectivity index (χ1n) is 10.4. The van der Waals surface area contributed by atoms with Gasteiger partial charge in [-0.25, -0.2) is 14.2 Å². The van der Waals surface area contributed by atoms with Crippen LogP contribution in [0.2, 0.25) is 0 Å². The molecule has 9 heteroatoms. The van der Waals surface area contributed by atoms with Crippen LogP contribution in [0.15, 0.2) is 35.8 Å². The number of amides is 1. The van der Waals surface area contributed by atoms with E-state index in [0.717, 1.165) is 0 Å². The maximum absolute atomic E-state index is 12.5. The minimum Gasteiger partial charge on any atom is -0.497 e. The fourth-order valence-electron chi connectivity index (χ4n) is 2.51. The number of aromatic nitrogens is 2. The third kappa shape index (κ3) is 7.64. The van der Waals surface area contributed by atoms with Gasteiger partial charge in [0, 0.05) is 17.8 Å². The molecule has 9 nitrogen and oxygen atoms in total. The monoisotopic (exact) mass is 445 g/mol. The molecule has 0 bridgehead atoms. The van der Waals surface area contributed by atoms with E-state index >= 15 is 0 Å². The molecule has 0 aliphatic rings. The second kappa shape index (κ2) is 11.8. The molecule has 0 spiro atoms. The number of methoxy groups -OCH3 is 1. The SMILES string of the molecule is C=CNc1c(C(C)=N)[nH]c(=O)n1-c1cc(NC(=O)OC(C)(C)C)cc(OC)c1.CCCC. The number of benzene rings is 1. The molecule has 1 aromatic heterocycles. The van der Waals surface area contributed by atoms with Crippen LogP contribution in [0.3, 0.4) is 0 Å². The summed E-state index contributed by atoms with van der Waals surface area (Å²) < 4.78 is 11.9. The predicted molar refractivity (Wildman–Crippen MR) is 130 cm³/mol. The van der Waals surface area contributed by atoms with Crippen LogP contribution in [0.25, 0.3) is 5.69 Å². The van der Waals surface area contributed by atoms with Crippen LogP contribution >= 0.6 is 0 Å². The molecule has 0 aliphatic carbocycles. The van der Waals surface area contributed by atoms with Crippen LogP contribution in [-0.4, -0.2) is 34.1 Å². The van der Waals surface area contributed by atoms with Crippen LogP contribution < -0.4 is 21.1 Å². The third-order valence-electron chi connectivity index (χ3n) is 4.04. The van der Waals surface area contributed by atoms with Gasteiger partial charge in [-0.2, -0.15) is 0 Å². The second-order valence-corrected chi connectivity index (χ2v) is 8.01. The smallest absolute Gasteiger partial charge is 0.412 e. The Bertz CT molecular complexity index is 997. The molecule has 0 aliphatic heterocycles. The lowest BCUT2D eigenvalue weighted by atomic mass is 10.2. The van der Waals surface area contributed by atoms with Crippen LogP contribution in [0.1, 0.15) is 60.1 Å². The lowest BCUT2D eigenvalue weighted by Gasteiger charge is -2.20. The topological polar surface area (TPSA) is 121 Å². The van der Waals surface area contributed by atoms with Crippen molar-refractivity contribution in [2.75, 3.05) is 17.7 Å². The highest BCUT2D eigenvalue weighted by Crippen LogP contribution is 2.26. The van der Waals surface area contributed by atoms with E-state index in [4.69, 9.17) is 14.9 Å². The van der Waals surface area contributed by atoms with Gasteiger partial charge in [-0.3, -0.25) is 5.32 Å². The van der Waals surface area contributed by atoms with Gasteiger partial charge >= 0.3 is 11.8 Å². The van der Waals surface area contributed by atoms with E-state index in [1.165, 1.54) is 30.7 Å². The van der Waals surface area contributed by atoms with Crippen molar-refractivity contribution in [2.45, 2.75) is 60.0 Å². The van der Waals surface area contributed by atoms with Crippen molar-refractivity contribution in [2.24, 2.45) is 0 Å². The predicted octanol–water partition coefficient (Wildman–Crippen LogP) is 5.27. The number of aromatic amines is 1. The molecule has 32 heavy (non-hydrogen) atoms. The van der Waals surface area contributed by atoms with Crippen molar-refractivity contribution in [1.82, 2.24) is 9.55 Å². The van der Waals surface area contributed by atoms with E-state index in [9.17, 15) is 9.59 Å². The number of anilines is 2. The molecule has 0 unspecified atom stereocenters. The Balaban J connectivity index is 0.00000118. The lowest BCUT2D eigenvalue weighted by Crippen LogP contribution is -2.27. The molecular weight excluding hydrogens is 410 g/mol. The van der Waals surface area contributed by atoms with Gasteiger partial charge in [0.1, 0.15) is 22.9 Å². The summed E-state index contributed by atoms with van der Waals surface area (Å²) in [6.07, 6.45) is 3.42. The van der Waals surface area contributed by atoms with E-state index in [0.29, 0.717) is 28.6 Å². The number of nitrogens with one attached hydrogen (secondary N) is 4. The summed E-state index contributed by atoms with van der Waals surface area (Å²) in [5.74, 6) is 0.776. The summed E-state index contributed by atoms with van der Waals surface area (Å²) in [7, 11) is 1.48. The van der Waals surface area contributed by atoms with Crippen molar-refractivity contribution in [3.05, 3.63) is 47.2 Å². The number of rotatable bonds is 7. The average molecular weight is 446 g/mol. The number of carbonyl (C=O) groups excluding carboxylic acids is 1. The van der Waals surface area contributed by atoms with Crippen molar-refractivity contribution >= 4 is 23.3 Å². The molecule has 1 amide bonds. The lowest BCUT2D eigenvalue weighted by molar-refractivity contribution is 0.0636. The van der Waals surface area contributed by atoms with Gasteiger partial charge in [0.2, 0.25) is 0 Å². The van der Waals surface area contributed by atoms with Crippen LogP contribution in [0, 0.1) is 5.41 Å². The standard InChI is InChI=1S/C19H25N5O4.C4H10/c1-7-21-16-15(11(2)20)23-17(25)24(16)13-8-12(9-14(10-13)27-6)22-18(26)28-19(3,4)5;1-3-4-2/h7-10,20-21H,1H2,2-6H3,(H,22,26)(H,23,25);3-4H2,1-2H3. The van der Waals surface area contributed by atoms with Gasteiger partial charge in [-0.15, -0.1) is 0 Å². The molecule has 0 saturated heterocycles. The Kier molecular flexibility index (Phi) is 9.77. The fraction of sp³-hybridized carbons (Fsp3) is 0.435. The Hall–Kier alpha value is -3.49. The van der Waals surface area contributed by atoms with Gasteiger partial charge in [0.25, 0.3) is 0 Å². The van der Waals surface area contributed by atoms with Crippen LogP contribution in [0.5, 0.6) is 5.75 Å². The van der Waals surface area contributed by atoms with Crippen molar-refractivity contribution < 1.29 is 14.3 Å². The highest BCUT2D eigenvalue weighted by Gasteiger charge is 2.19. The largest absolute Gasteiger partial charge is 0.497 e. The van der Waals surface area contributed by atoms with Gasteiger partial charge < -0.3 is 25.2 Å². The highest BCUT2D eigenvalue weighted by molar-refractivity contribution is 5.99. The fourth-order valence-corrected chi connectivity index (χ4v) is 2.51. The molecule has 2 rings (SSSR count). The van der Waals surface area contributed by atoms with Gasteiger partial charge in [-0.05, 0) is 40.0 Å². The number of nitrogens with zero attached hydrogens (tertiary/aromatic N) is 1. The first kappa shape index (κ1) is 26.5. The van der Waals surface area contributed by atoms with E-state index in [1.54, 1.807) is 45.9 Å². The maximum Gasteiger partial charge on any atom is 0.412 e. The minimum atomic E-state index is -0.652. The Morgan fingerprint density at radius 1 is 1.25 bits per heavy atom. The van der Waals surface area contributed by atoms with Crippen LogP contribution in [-0.2, 0) is 4.74 Å². The zero-order valence-corrected chi connectivity index (χ0v) is 20.0. The van der Waals surface area contributed by atoms with Crippen molar-refractivity contribution in [3.8, 4) is 11.4 Å². The minimum absolute atomic E-state index is 0.176. The number of H-pyrrole nitrogens is 1. The van der Waals surface area contributed by atoms with E-state index in [-0.39, 0.29) is 5.71 Å². The summed E-state index contributed by atoms with van der Waals surface area (Å²) in [6.45, 7) is 14.8. The first-order chi connectivity index (χ1) is 15.0. The summed E-state index contributed by atoms with van der Waals surface area (Å²) in [6, 6.07) is 4.83. The number of ether oxygens (including phenoxy) is 2. The quantitative estimate of drug-likeness (QED) is 0.433. The summed E-state index contributed by atoms with van der Waals surface area (Å²) in [4.78, 5) is 27.3. The van der Waals surface area contributed by atoms with Gasteiger partial charge in [0.15, 0.2) is 0 Å². The second-order valence-electron chi connectivity index (χ2n) is 8.01. The molecule has 1 aromatic carbocycles. The van der Waals surface area contributed by atoms with E-state index in [1.807, 2.05) is 0 Å². The van der Waals surface area contributed by atoms with Gasteiger partial charge in [-0.1, -0.05) is 33.3 Å². The number of hydrogen-bond donors (Lipinski definition) is 4. The summed E-state index contributed by atoms with van der Waals surface area (Å²) in [5, 5.41) is 13.4. The van der Waals surface area contributed by atoms with E-state index in [2.05, 4.69) is 36.0 Å². The first-order valence-corrected chi connectivity index (χ1v) is 10.4. The molecule has 176 valence electrons.